The first-order chi connectivity index (χ1) is 16.5. The van der Waals surface area contributed by atoms with Crippen LogP contribution in [0.25, 0.3) is 22.3 Å². The van der Waals surface area contributed by atoms with Crippen molar-refractivity contribution in [3.05, 3.63) is 53.2 Å². The van der Waals surface area contributed by atoms with Gasteiger partial charge in [-0.3, -0.25) is 24.6 Å². The minimum Gasteiger partial charge on any atom is -0.392 e. The van der Waals surface area contributed by atoms with E-state index in [1.54, 1.807) is 11.0 Å². The fourth-order valence-electron chi connectivity index (χ4n) is 5.32. The Morgan fingerprint density at radius 3 is 2.79 bits per heavy atom. The fraction of sp³-hybridized carbons (Fsp3) is 0.360. The van der Waals surface area contributed by atoms with Gasteiger partial charge in [0.05, 0.1) is 11.8 Å². The van der Waals surface area contributed by atoms with E-state index in [4.69, 9.17) is 4.98 Å². The van der Waals surface area contributed by atoms with Crippen LogP contribution in [0.2, 0.25) is 0 Å². The summed E-state index contributed by atoms with van der Waals surface area (Å²) in [6.07, 6.45) is 2.97. The molecule has 0 bridgehead atoms. The minimum absolute atomic E-state index is 0.183. The van der Waals surface area contributed by atoms with E-state index in [1.807, 2.05) is 24.4 Å². The topological polar surface area (TPSA) is 119 Å². The van der Waals surface area contributed by atoms with Gasteiger partial charge in [0.25, 0.3) is 5.91 Å². The van der Waals surface area contributed by atoms with Crippen LogP contribution >= 0.6 is 0 Å². The van der Waals surface area contributed by atoms with E-state index in [-0.39, 0.29) is 24.3 Å². The molecule has 6 rings (SSSR count). The molecular weight excluding hydrogens is 434 g/mol. The number of aliphatic hydroxyl groups excluding tert-OH is 1. The van der Waals surface area contributed by atoms with Gasteiger partial charge in [0, 0.05) is 55.3 Å². The molecule has 0 aliphatic carbocycles. The molecule has 3 aromatic rings. The standard InChI is InChI=1S/C25H25N5O4/c31-17-6-8-29(13-17)11-16-10-20(27-23-18(16)5-7-26-23)14-1-2-19-15(9-14)12-30(25(19)34)21-3-4-22(32)28-24(21)33/h1-2,5,7,9-10,17,21,31H,3-4,6,8,11-13H2,(H,26,27)(H,28,32,33). The van der Waals surface area contributed by atoms with E-state index < -0.39 is 11.9 Å². The molecule has 2 aromatic heterocycles. The highest BCUT2D eigenvalue weighted by atomic mass is 16.3. The molecule has 0 radical (unpaired) electrons. The maximum Gasteiger partial charge on any atom is 0.255 e. The van der Waals surface area contributed by atoms with Crippen LogP contribution in [0, 0.1) is 0 Å². The lowest BCUT2D eigenvalue weighted by molar-refractivity contribution is -0.136. The Bertz CT molecular complexity index is 1330. The lowest BCUT2D eigenvalue weighted by Gasteiger charge is -2.29. The number of piperidine rings is 1. The largest absolute Gasteiger partial charge is 0.392 e. The van der Waals surface area contributed by atoms with Crippen LogP contribution in [0.15, 0.2) is 36.5 Å². The summed E-state index contributed by atoms with van der Waals surface area (Å²) < 4.78 is 0. The average Bonchev–Trinajstić information content (AvgIpc) is 3.53. The first kappa shape index (κ1) is 21.0. The number of rotatable bonds is 4. The zero-order valence-corrected chi connectivity index (χ0v) is 18.6. The van der Waals surface area contributed by atoms with Crippen LogP contribution in [0.4, 0.5) is 0 Å². The predicted molar refractivity (Wildman–Crippen MR) is 123 cm³/mol. The molecule has 9 heteroatoms. The van der Waals surface area contributed by atoms with Crippen LogP contribution in [0.3, 0.4) is 0 Å². The Kier molecular flexibility index (Phi) is 4.96. The number of β-amino-alcohol motifs (C(OH)–C–C–N with tert-alkyl or cyclic N) is 1. The molecule has 3 aliphatic rings. The number of amides is 3. The number of carbonyl (C=O) groups excluding carboxylic acids is 3. The normalized spacial score (nSPS) is 23.1. The molecule has 2 unspecified atom stereocenters. The average molecular weight is 460 g/mol. The molecule has 2 atom stereocenters. The highest BCUT2D eigenvalue weighted by Crippen LogP contribution is 2.32. The van der Waals surface area contributed by atoms with Crippen LogP contribution in [-0.2, 0) is 22.7 Å². The molecular formula is C25H25N5O4. The van der Waals surface area contributed by atoms with E-state index in [0.29, 0.717) is 25.1 Å². The molecule has 2 fully saturated rings. The SMILES string of the molecule is O=C1CCC(N2Cc3cc(-c4cc(CN5CCC(O)C5)c5cc[nH]c5n4)ccc3C2=O)C(=O)N1. The lowest BCUT2D eigenvalue weighted by Crippen LogP contribution is -2.52. The van der Waals surface area contributed by atoms with Gasteiger partial charge in [-0.05, 0) is 48.2 Å². The number of pyridine rings is 1. The molecule has 0 spiro atoms. The second kappa shape index (κ2) is 8.03. The summed E-state index contributed by atoms with van der Waals surface area (Å²) in [5.74, 6) is -0.886. The van der Waals surface area contributed by atoms with Crippen LogP contribution < -0.4 is 5.32 Å². The summed E-state index contributed by atoms with van der Waals surface area (Å²) >= 11 is 0. The number of fused-ring (bicyclic) bond motifs is 2. The Balaban J connectivity index is 1.30. The van der Waals surface area contributed by atoms with Gasteiger partial charge in [-0.25, -0.2) is 4.98 Å². The fourth-order valence-corrected chi connectivity index (χ4v) is 5.32. The van der Waals surface area contributed by atoms with Crippen molar-refractivity contribution in [3.63, 3.8) is 0 Å². The predicted octanol–water partition coefficient (Wildman–Crippen LogP) is 1.56. The molecule has 9 nitrogen and oxygen atoms in total. The third-order valence-electron chi connectivity index (χ3n) is 7.08. The summed E-state index contributed by atoms with van der Waals surface area (Å²) in [5, 5.41) is 13.3. The van der Waals surface area contributed by atoms with Gasteiger partial charge in [0.2, 0.25) is 11.8 Å². The van der Waals surface area contributed by atoms with Crippen LogP contribution in [-0.4, -0.2) is 67.8 Å². The first-order valence-electron chi connectivity index (χ1n) is 11.6. The number of nitrogens with one attached hydrogen (secondary N) is 2. The molecule has 5 heterocycles. The number of aromatic amines is 1. The number of aliphatic hydroxyl groups is 1. The van der Waals surface area contributed by atoms with Crippen molar-refractivity contribution in [2.75, 3.05) is 13.1 Å². The zero-order chi connectivity index (χ0) is 23.4. The second-order valence-corrected chi connectivity index (χ2v) is 9.36. The maximum absolute atomic E-state index is 13.0. The van der Waals surface area contributed by atoms with Crippen molar-refractivity contribution in [2.24, 2.45) is 0 Å². The van der Waals surface area contributed by atoms with Crippen molar-refractivity contribution in [3.8, 4) is 11.3 Å². The zero-order valence-electron chi connectivity index (χ0n) is 18.6. The molecule has 2 saturated heterocycles. The van der Waals surface area contributed by atoms with E-state index in [0.717, 1.165) is 52.9 Å². The first-order valence-corrected chi connectivity index (χ1v) is 11.6. The van der Waals surface area contributed by atoms with Crippen molar-refractivity contribution in [2.45, 2.75) is 44.5 Å². The van der Waals surface area contributed by atoms with E-state index in [1.165, 1.54) is 0 Å². The van der Waals surface area contributed by atoms with Crippen molar-refractivity contribution >= 4 is 28.8 Å². The summed E-state index contributed by atoms with van der Waals surface area (Å²) in [7, 11) is 0. The van der Waals surface area contributed by atoms with Crippen molar-refractivity contribution in [1.29, 1.82) is 0 Å². The van der Waals surface area contributed by atoms with Gasteiger partial charge in [-0.15, -0.1) is 0 Å². The van der Waals surface area contributed by atoms with Crippen molar-refractivity contribution < 1.29 is 19.5 Å². The minimum atomic E-state index is -0.628. The Morgan fingerprint density at radius 2 is 2.00 bits per heavy atom. The summed E-state index contributed by atoms with van der Waals surface area (Å²) in [6.45, 7) is 2.59. The Labute approximate surface area is 195 Å². The number of hydrogen-bond donors (Lipinski definition) is 3. The van der Waals surface area contributed by atoms with Crippen LogP contribution in [0.5, 0.6) is 0 Å². The van der Waals surface area contributed by atoms with Crippen LogP contribution in [0.1, 0.15) is 40.7 Å². The Hall–Kier alpha value is -3.56. The third-order valence-corrected chi connectivity index (χ3v) is 7.08. The molecule has 174 valence electrons. The third kappa shape index (κ3) is 3.57. The molecule has 0 saturated carbocycles. The smallest absolute Gasteiger partial charge is 0.255 e. The highest BCUT2D eigenvalue weighted by Gasteiger charge is 2.39. The number of carbonyl (C=O) groups is 3. The van der Waals surface area contributed by atoms with E-state index in [2.05, 4.69) is 21.3 Å². The molecule has 3 aliphatic heterocycles. The molecule has 1 aromatic carbocycles. The number of likely N-dealkylation sites (tertiary alicyclic amines) is 1. The highest BCUT2D eigenvalue weighted by molar-refractivity contribution is 6.05. The number of aromatic nitrogens is 2. The second-order valence-electron chi connectivity index (χ2n) is 9.36. The maximum atomic E-state index is 13.0. The number of H-pyrrole nitrogens is 1. The van der Waals surface area contributed by atoms with Gasteiger partial charge >= 0.3 is 0 Å². The van der Waals surface area contributed by atoms with E-state index in [9.17, 15) is 19.5 Å². The Morgan fingerprint density at radius 1 is 1.12 bits per heavy atom. The summed E-state index contributed by atoms with van der Waals surface area (Å²) in [5.41, 5.74) is 5.08. The van der Waals surface area contributed by atoms with Gasteiger partial charge in [0.1, 0.15) is 11.7 Å². The number of hydrogen-bond acceptors (Lipinski definition) is 6. The quantitative estimate of drug-likeness (QED) is 0.510. The van der Waals surface area contributed by atoms with Gasteiger partial charge in [0.15, 0.2) is 0 Å². The summed E-state index contributed by atoms with van der Waals surface area (Å²) in [6, 6.07) is 9.14. The van der Waals surface area contributed by atoms with Gasteiger partial charge < -0.3 is 15.0 Å². The molecule has 3 amide bonds. The molecule has 3 N–H and O–H groups in total. The number of imide groups is 1. The number of benzene rings is 1. The van der Waals surface area contributed by atoms with Crippen molar-refractivity contribution in [1.82, 2.24) is 25.1 Å². The molecule has 34 heavy (non-hydrogen) atoms. The monoisotopic (exact) mass is 459 g/mol. The summed E-state index contributed by atoms with van der Waals surface area (Å²) in [4.78, 5) is 48.6. The number of nitrogens with zero attached hydrogens (tertiary/aromatic N) is 3. The van der Waals surface area contributed by atoms with Gasteiger partial charge in [-0.2, -0.15) is 0 Å². The van der Waals surface area contributed by atoms with E-state index >= 15 is 0 Å². The lowest BCUT2D eigenvalue weighted by atomic mass is 10.0. The van der Waals surface area contributed by atoms with Gasteiger partial charge in [-0.1, -0.05) is 6.07 Å².